The van der Waals surface area contributed by atoms with Crippen molar-refractivity contribution in [3.8, 4) is 11.1 Å². The normalized spacial score (nSPS) is 10.7. The monoisotopic (exact) mass is 543 g/mol. The average Bonchev–Trinajstić information content (AvgIpc) is 3.23. The number of carbonyl (C=O) groups excluding carboxylic acids is 1. The lowest BCUT2D eigenvalue weighted by Gasteiger charge is -2.15. The van der Waals surface area contributed by atoms with E-state index in [2.05, 4.69) is 53.5 Å². The van der Waals surface area contributed by atoms with E-state index in [0.717, 1.165) is 24.3 Å². The summed E-state index contributed by atoms with van der Waals surface area (Å²) in [5, 5.41) is 12.4. The zero-order valence-electron chi connectivity index (χ0n) is 18.1. The average molecular weight is 544 g/mol. The molecule has 0 bridgehead atoms. The molecule has 0 saturated heterocycles. The van der Waals surface area contributed by atoms with Gasteiger partial charge in [-0.25, -0.2) is 18.2 Å². The third kappa shape index (κ3) is 5.49. The van der Waals surface area contributed by atoms with Crippen LogP contribution in [0.25, 0.3) is 11.1 Å². The Labute approximate surface area is 206 Å². The molecule has 35 heavy (non-hydrogen) atoms. The number of aryl methyl sites for hydroxylation is 1. The van der Waals surface area contributed by atoms with Crippen molar-refractivity contribution >= 4 is 50.7 Å². The van der Waals surface area contributed by atoms with Crippen LogP contribution in [0.1, 0.15) is 0 Å². The molecule has 0 spiro atoms. The number of nitrogens with one attached hydrogen (secondary N) is 3. The molecule has 2 aromatic carbocycles. The summed E-state index contributed by atoms with van der Waals surface area (Å²) >= 11 is 2.85. The number of hydrogen-bond donors (Lipinski definition) is 3. The molecule has 12 heteroatoms. The maximum Gasteiger partial charge on any atom is 0.247 e. The second-order valence-electron chi connectivity index (χ2n) is 7.25. The molecule has 2 aromatic heterocycles. The number of amides is 1. The zero-order valence-corrected chi connectivity index (χ0v) is 19.7. The highest BCUT2D eigenvalue weighted by atomic mass is 79.9. The van der Waals surface area contributed by atoms with Gasteiger partial charge in [0.2, 0.25) is 11.9 Å². The Kier molecular flexibility index (Phi) is 6.82. The number of nitrogens with zero attached hydrogens (tertiary/aromatic N) is 4. The zero-order chi connectivity index (χ0) is 25.1. The maximum atomic E-state index is 14.6. The summed E-state index contributed by atoms with van der Waals surface area (Å²) in [6, 6.07) is 6.07. The minimum absolute atomic E-state index is 0.0443. The van der Waals surface area contributed by atoms with Crippen molar-refractivity contribution in [3.63, 3.8) is 0 Å². The lowest BCUT2D eigenvalue weighted by Crippen LogP contribution is -2.08. The van der Waals surface area contributed by atoms with E-state index in [9.17, 15) is 18.0 Å². The first-order chi connectivity index (χ1) is 16.7. The molecule has 178 valence electrons. The largest absolute Gasteiger partial charge is 0.337 e. The number of halogens is 4. The topological polar surface area (TPSA) is 96.8 Å². The van der Waals surface area contributed by atoms with Crippen LogP contribution in [0, 0.1) is 17.5 Å². The molecule has 8 nitrogen and oxygen atoms in total. The predicted octanol–water partition coefficient (Wildman–Crippen LogP) is 5.67. The van der Waals surface area contributed by atoms with Crippen molar-refractivity contribution in [3.05, 3.63) is 83.5 Å². The van der Waals surface area contributed by atoms with E-state index in [-0.39, 0.29) is 33.1 Å². The minimum atomic E-state index is -0.830. The van der Waals surface area contributed by atoms with Gasteiger partial charge in [0.1, 0.15) is 23.3 Å². The molecule has 1 amide bonds. The third-order valence-electron chi connectivity index (χ3n) is 4.72. The van der Waals surface area contributed by atoms with E-state index in [4.69, 9.17) is 0 Å². The molecule has 0 atom stereocenters. The molecule has 0 aliphatic carbocycles. The van der Waals surface area contributed by atoms with Gasteiger partial charge in [0, 0.05) is 30.7 Å². The Morgan fingerprint density at radius 2 is 1.80 bits per heavy atom. The van der Waals surface area contributed by atoms with Crippen LogP contribution in [-0.4, -0.2) is 25.7 Å². The van der Waals surface area contributed by atoms with Crippen molar-refractivity contribution in [2.24, 2.45) is 7.05 Å². The Bertz CT molecular complexity index is 1420. The smallest absolute Gasteiger partial charge is 0.247 e. The summed E-state index contributed by atoms with van der Waals surface area (Å²) in [7, 11) is 1.74. The van der Waals surface area contributed by atoms with Crippen molar-refractivity contribution in [2.45, 2.75) is 0 Å². The Balaban J connectivity index is 1.78. The van der Waals surface area contributed by atoms with Crippen molar-refractivity contribution in [2.75, 3.05) is 16.0 Å². The van der Waals surface area contributed by atoms with Crippen LogP contribution >= 0.6 is 15.9 Å². The second kappa shape index (κ2) is 9.97. The van der Waals surface area contributed by atoms with Crippen LogP contribution in [0.2, 0.25) is 0 Å². The molecule has 4 aromatic rings. The number of carbonyl (C=O) groups is 1. The molecular formula is C23H17BrF3N7O. The Hall–Kier alpha value is -4.19. The van der Waals surface area contributed by atoms with Gasteiger partial charge in [-0.3, -0.25) is 9.48 Å². The molecule has 0 saturated carbocycles. The molecule has 2 heterocycles. The molecule has 0 aliphatic rings. The highest BCUT2D eigenvalue weighted by molar-refractivity contribution is 9.10. The van der Waals surface area contributed by atoms with Crippen LogP contribution in [0.4, 0.5) is 42.0 Å². The van der Waals surface area contributed by atoms with Gasteiger partial charge in [-0.15, -0.1) is 0 Å². The van der Waals surface area contributed by atoms with Gasteiger partial charge in [0.05, 0.1) is 22.0 Å². The van der Waals surface area contributed by atoms with Gasteiger partial charge in [0.15, 0.2) is 0 Å². The maximum absolute atomic E-state index is 14.6. The van der Waals surface area contributed by atoms with Gasteiger partial charge in [-0.05, 0) is 57.9 Å². The first-order valence-corrected chi connectivity index (χ1v) is 10.8. The first-order valence-electron chi connectivity index (χ1n) is 10.0. The second-order valence-corrected chi connectivity index (χ2v) is 8.04. The highest BCUT2D eigenvalue weighted by Gasteiger charge is 2.17. The summed E-state index contributed by atoms with van der Waals surface area (Å²) in [5.41, 5.74) is 1.16. The number of aromatic nitrogens is 4. The summed E-state index contributed by atoms with van der Waals surface area (Å²) in [4.78, 5) is 20.2. The summed E-state index contributed by atoms with van der Waals surface area (Å²) < 4.78 is 44.4. The fourth-order valence-corrected chi connectivity index (χ4v) is 3.32. The summed E-state index contributed by atoms with van der Waals surface area (Å²) in [5.74, 6) is -2.61. The van der Waals surface area contributed by atoms with Gasteiger partial charge in [0.25, 0.3) is 0 Å². The number of anilines is 5. The van der Waals surface area contributed by atoms with Gasteiger partial charge < -0.3 is 16.0 Å². The molecule has 0 aliphatic heterocycles. The van der Waals surface area contributed by atoms with Crippen LogP contribution in [0.3, 0.4) is 0 Å². The molecule has 0 unspecified atom stereocenters. The van der Waals surface area contributed by atoms with E-state index in [1.54, 1.807) is 24.1 Å². The third-order valence-corrected chi connectivity index (χ3v) is 5.47. The van der Waals surface area contributed by atoms with E-state index in [1.807, 2.05) is 0 Å². The molecular weight excluding hydrogens is 527 g/mol. The van der Waals surface area contributed by atoms with Crippen LogP contribution in [0.15, 0.2) is 66.1 Å². The van der Waals surface area contributed by atoms with E-state index in [1.165, 1.54) is 18.3 Å². The number of rotatable bonds is 7. The summed E-state index contributed by atoms with van der Waals surface area (Å²) in [6.07, 6.45) is 5.66. The Morgan fingerprint density at radius 1 is 1.06 bits per heavy atom. The lowest BCUT2D eigenvalue weighted by atomic mass is 10.1. The van der Waals surface area contributed by atoms with Crippen LogP contribution in [0.5, 0.6) is 0 Å². The van der Waals surface area contributed by atoms with Crippen molar-refractivity contribution in [1.82, 2.24) is 19.7 Å². The number of benzene rings is 2. The van der Waals surface area contributed by atoms with Crippen molar-refractivity contribution < 1.29 is 18.0 Å². The summed E-state index contributed by atoms with van der Waals surface area (Å²) in [6.45, 7) is 3.38. The molecule has 4 rings (SSSR count). The lowest BCUT2D eigenvalue weighted by molar-refractivity contribution is -0.111. The van der Waals surface area contributed by atoms with Crippen LogP contribution < -0.4 is 16.0 Å². The standard InChI is InChI=1S/C23H17BrF3N7O/c1-3-20(35)30-13-4-5-16(25)19(8-13)32-22-15(12-6-17(26)21(24)18(27)7-12)10-28-23(33-22)31-14-9-29-34(2)11-14/h3-11H,1H2,2H3,(H,30,35)(H2,28,31,32,33). The fraction of sp³-hybridized carbons (Fsp3) is 0.0435. The Morgan fingerprint density at radius 3 is 2.46 bits per heavy atom. The van der Waals surface area contributed by atoms with Gasteiger partial charge in [-0.2, -0.15) is 10.1 Å². The highest BCUT2D eigenvalue weighted by Crippen LogP contribution is 2.34. The van der Waals surface area contributed by atoms with E-state index < -0.39 is 23.4 Å². The van der Waals surface area contributed by atoms with E-state index >= 15 is 0 Å². The molecule has 0 radical (unpaired) electrons. The quantitative estimate of drug-likeness (QED) is 0.205. The van der Waals surface area contributed by atoms with Crippen LogP contribution in [-0.2, 0) is 11.8 Å². The predicted molar refractivity (Wildman–Crippen MR) is 130 cm³/mol. The minimum Gasteiger partial charge on any atom is -0.337 e. The molecule has 0 fully saturated rings. The molecule has 3 N–H and O–H groups in total. The first kappa shape index (κ1) is 24.0. The van der Waals surface area contributed by atoms with Gasteiger partial charge >= 0.3 is 0 Å². The van der Waals surface area contributed by atoms with Crippen molar-refractivity contribution in [1.29, 1.82) is 0 Å². The number of hydrogen-bond acceptors (Lipinski definition) is 6. The fourth-order valence-electron chi connectivity index (χ4n) is 3.09. The van der Waals surface area contributed by atoms with E-state index in [0.29, 0.717) is 11.4 Å². The SMILES string of the molecule is C=CC(=O)Nc1ccc(F)c(Nc2nc(Nc3cnn(C)c3)ncc2-c2cc(F)c(Br)c(F)c2)c1. The van der Waals surface area contributed by atoms with Gasteiger partial charge in [-0.1, -0.05) is 6.58 Å².